The van der Waals surface area contributed by atoms with Crippen molar-refractivity contribution in [2.45, 2.75) is 12.8 Å². The Morgan fingerprint density at radius 1 is 1.05 bits per heavy atom. The minimum atomic E-state index is -1.08. The number of hydrogen-bond acceptors (Lipinski definition) is 2. The van der Waals surface area contributed by atoms with E-state index in [0.29, 0.717) is 17.5 Å². The van der Waals surface area contributed by atoms with Crippen LogP contribution in [0.2, 0.25) is 0 Å². The Labute approximate surface area is 127 Å². The highest BCUT2D eigenvalue weighted by Gasteiger charge is 2.10. The number of carboxylic acid groups (broad SMARTS) is 1. The van der Waals surface area contributed by atoms with E-state index in [4.69, 9.17) is 5.11 Å². The molecular formula is C18H15FO3. The van der Waals surface area contributed by atoms with Gasteiger partial charge in [-0.3, -0.25) is 4.79 Å². The van der Waals surface area contributed by atoms with Crippen molar-refractivity contribution in [2.75, 3.05) is 0 Å². The molecule has 0 amide bonds. The summed E-state index contributed by atoms with van der Waals surface area (Å²) in [5.41, 5.74) is 1.71. The fourth-order valence-corrected chi connectivity index (χ4v) is 2.10. The van der Waals surface area contributed by atoms with E-state index in [-0.39, 0.29) is 17.8 Å². The lowest BCUT2D eigenvalue weighted by Crippen LogP contribution is -2.02. The Hall–Kier alpha value is -2.75. The predicted molar refractivity (Wildman–Crippen MR) is 82.2 cm³/mol. The zero-order valence-corrected chi connectivity index (χ0v) is 11.9. The smallest absolute Gasteiger partial charge is 0.335 e. The summed E-state index contributed by atoms with van der Waals surface area (Å²) in [6, 6.07) is 12.5. The largest absolute Gasteiger partial charge is 0.478 e. The van der Waals surface area contributed by atoms with Crippen molar-refractivity contribution in [1.29, 1.82) is 0 Å². The average Bonchev–Trinajstić information content (AvgIpc) is 2.52. The highest BCUT2D eigenvalue weighted by molar-refractivity contribution is 6.14. The third-order valence-corrected chi connectivity index (χ3v) is 3.32. The van der Waals surface area contributed by atoms with Gasteiger partial charge < -0.3 is 5.11 Å². The second-order valence-corrected chi connectivity index (χ2v) is 4.92. The predicted octanol–water partition coefficient (Wildman–Crippen LogP) is 3.74. The molecule has 0 aliphatic heterocycles. The van der Waals surface area contributed by atoms with Gasteiger partial charge >= 0.3 is 5.97 Å². The summed E-state index contributed by atoms with van der Waals surface area (Å²) in [7, 11) is 0. The standard InChI is InChI=1S/C18H15FO3/c1-12(18(21)22)14-5-2-4-13(10-14)8-9-17(20)15-6-3-7-16(19)11-15/h2-7,10-11H,1,8-9H2,(H,21,22). The van der Waals surface area contributed by atoms with Crippen molar-refractivity contribution >= 4 is 17.3 Å². The molecule has 0 radical (unpaired) electrons. The molecule has 0 aliphatic rings. The number of carbonyl (C=O) groups excluding carboxylic acids is 1. The molecule has 0 saturated heterocycles. The molecule has 3 nitrogen and oxygen atoms in total. The van der Waals surface area contributed by atoms with Gasteiger partial charge in [0.25, 0.3) is 0 Å². The quantitative estimate of drug-likeness (QED) is 0.653. The van der Waals surface area contributed by atoms with Crippen LogP contribution in [0.1, 0.15) is 27.9 Å². The van der Waals surface area contributed by atoms with E-state index < -0.39 is 11.8 Å². The monoisotopic (exact) mass is 298 g/mol. The molecule has 2 aromatic carbocycles. The molecule has 0 heterocycles. The molecule has 0 aliphatic carbocycles. The van der Waals surface area contributed by atoms with Crippen LogP contribution >= 0.6 is 0 Å². The third kappa shape index (κ3) is 3.88. The highest BCUT2D eigenvalue weighted by atomic mass is 19.1. The first-order valence-corrected chi connectivity index (χ1v) is 6.77. The van der Waals surface area contributed by atoms with Gasteiger partial charge in [0.1, 0.15) is 5.82 Å². The molecule has 22 heavy (non-hydrogen) atoms. The molecule has 112 valence electrons. The van der Waals surface area contributed by atoms with Gasteiger partial charge in [0.2, 0.25) is 0 Å². The van der Waals surface area contributed by atoms with Crippen LogP contribution in [0, 0.1) is 5.82 Å². The number of rotatable bonds is 6. The Morgan fingerprint density at radius 3 is 2.41 bits per heavy atom. The van der Waals surface area contributed by atoms with Crippen molar-refractivity contribution in [3.63, 3.8) is 0 Å². The lowest BCUT2D eigenvalue weighted by Gasteiger charge is -2.05. The van der Waals surface area contributed by atoms with E-state index in [0.717, 1.165) is 5.56 Å². The zero-order chi connectivity index (χ0) is 16.1. The van der Waals surface area contributed by atoms with E-state index in [2.05, 4.69) is 6.58 Å². The molecule has 1 N–H and O–H groups in total. The van der Waals surface area contributed by atoms with Gasteiger partial charge in [-0.25, -0.2) is 9.18 Å². The van der Waals surface area contributed by atoms with Gasteiger partial charge in [-0.15, -0.1) is 0 Å². The third-order valence-electron chi connectivity index (χ3n) is 3.32. The van der Waals surface area contributed by atoms with Crippen LogP contribution in [0.5, 0.6) is 0 Å². The van der Waals surface area contributed by atoms with Crippen molar-refractivity contribution in [3.05, 3.63) is 77.6 Å². The number of hydrogen-bond donors (Lipinski definition) is 1. The van der Waals surface area contributed by atoms with Gasteiger partial charge in [0.05, 0.1) is 5.57 Å². The average molecular weight is 298 g/mol. The number of aliphatic carboxylic acids is 1. The molecule has 0 atom stereocenters. The number of halogens is 1. The van der Waals surface area contributed by atoms with E-state index >= 15 is 0 Å². The lowest BCUT2D eigenvalue weighted by atomic mass is 9.99. The molecule has 0 unspecified atom stereocenters. The fraction of sp³-hybridized carbons (Fsp3) is 0.111. The minimum absolute atomic E-state index is 0.0123. The first kappa shape index (κ1) is 15.6. The number of Topliss-reactive ketones (excluding diaryl/α,β-unsaturated/α-hetero) is 1. The van der Waals surface area contributed by atoms with E-state index in [1.165, 1.54) is 18.2 Å². The normalized spacial score (nSPS) is 10.2. The number of ketones is 1. The number of benzene rings is 2. The zero-order valence-electron chi connectivity index (χ0n) is 11.9. The van der Waals surface area contributed by atoms with Gasteiger partial charge in [0, 0.05) is 12.0 Å². The van der Waals surface area contributed by atoms with Crippen LogP contribution in [0.15, 0.2) is 55.1 Å². The van der Waals surface area contributed by atoms with Crippen LogP contribution < -0.4 is 0 Å². The summed E-state index contributed by atoms with van der Waals surface area (Å²) >= 11 is 0. The van der Waals surface area contributed by atoms with E-state index in [1.807, 2.05) is 6.07 Å². The second kappa shape index (κ2) is 6.80. The van der Waals surface area contributed by atoms with Gasteiger partial charge in [-0.05, 0) is 29.7 Å². The fourth-order valence-electron chi connectivity index (χ4n) is 2.10. The molecule has 4 heteroatoms. The summed E-state index contributed by atoms with van der Waals surface area (Å²) in [4.78, 5) is 22.9. The van der Waals surface area contributed by atoms with Crippen LogP contribution in [-0.2, 0) is 11.2 Å². The Kier molecular flexibility index (Phi) is 4.84. The number of carboxylic acids is 1. The van der Waals surface area contributed by atoms with Crippen LogP contribution in [0.4, 0.5) is 4.39 Å². The van der Waals surface area contributed by atoms with E-state index in [1.54, 1.807) is 24.3 Å². The van der Waals surface area contributed by atoms with Crippen molar-refractivity contribution < 1.29 is 19.1 Å². The lowest BCUT2D eigenvalue weighted by molar-refractivity contribution is -0.130. The summed E-state index contributed by atoms with van der Waals surface area (Å²) in [5.74, 6) is -1.67. The first-order chi connectivity index (χ1) is 10.5. The van der Waals surface area contributed by atoms with Crippen molar-refractivity contribution in [2.24, 2.45) is 0 Å². The SMILES string of the molecule is C=C(C(=O)O)c1cccc(CCC(=O)c2cccc(F)c2)c1. The van der Waals surface area contributed by atoms with Crippen molar-refractivity contribution in [3.8, 4) is 0 Å². The molecule has 0 fully saturated rings. The Morgan fingerprint density at radius 2 is 1.73 bits per heavy atom. The van der Waals surface area contributed by atoms with Crippen LogP contribution in [-0.4, -0.2) is 16.9 Å². The van der Waals surface area contributed by atoms with Crippen molar-refractivity contribution in [1.82, 2.24) is 0 Å². The van der Waals surface area contributed by atoms with Gasteiger partial charge in [-0.2, -0.15) is 0 Å². The molecule has 0 bridgehead atoms. The molecule has 0 spiro atoms. The van der Waals surface area contributed by atoms with Gasteiger partial charge in [-0.1, -0.05) is 43.0 Å². The first-order valence-electron chi connectivity index (χ1n) is 6.77. The van der Waals surface area contributed by atoms with E-state index in [9.17, 15) is 14.0 Å². The Balaban J connectivity index is 2.06. The highest BCUT2D eigenvalue weighted by Crippen LogP contribution is 2.16. The molecule has 0 saturated carbocycles. The maximum absolute atomic E-state index is 13.1. The number of carbonyl (C=O) groups is 2. The summed E-state index contributed by atoms with van der Waals surface area (Å²) < 4.78 is 13.1. The molecule has 2 aromatic rings. The number of aryl methyl sites for hydroxylation is 1. The maximum atomic E-state index is 13.1. The maximum Gasteiger partial charge on any atom is 0.335 e. The van der Waals surface area contributed by atoms with Gasteiger partial charge in [0.15, 0.2) is 5.78 Å². The topological polar surface area (TPSA) is 54.4 Å². The Bertz CT molecular complexity index is 735. The summed E-state index contributed by atoms with van der Waals surface area (Å²) in [6.45, 7) is 3.51. The minimum Gasteiger partial charge on any atom is -0.478 e. The second-order valence-electron chi connectivity index (χ2n) is 4.92. The molecule has 0 aromatic heterocycles. The van der Waals surface area contributed by atoms with Crippen LogP contribution in [0.25, 0.3) is 5.57 Å². The summed E-state index contributed by atoms with van der Waals surface area (Å²) in [6.07, 6.45) is 0.683. The van der Waals surface area contributed by atoms with Crippen LogP contribution in [0.3, 0.4) is 0 Å². The summed E-state index contributed by atoms with van der Waals surface area (Å²) in [5, 5.41) is 8.93. The molecular weight excluding hydrogens is 283 g/mol. The molecule has 2 rings (SSSR count).